The first-order chi connectivity index (χ1) is 11.2. The first-order valence-electron chi connectivity index (χ1n) is 7.44. The quantitative estimate of drug-likeness (QED) is 0.642. The Hall–Kier alpha value is -2.15. The van der Waals surface area contributed by atoms with Crippen LogP contribution in [0.1, 0.15) is 26.3 Å². The van der Waals surface area contributed by atoms with E-state index in [9.17, 15) is 14.0 Å². The molecule has 24 heavy (non-hydrogen) atoms. The van der Waals surface area contributed by atoms with E-state index in [1.807, 2.05) is 12.1 Å². The average Bonchev–Trinajstić information content (AvgIpc) is 2.52. The van der Waals surface area contributed by atoms with Crippen LogP contribution in [-0.2, 0) is 30.4 Å². The van der Waals surface area contributed by atoms with Gasteiger partial charge in [0.05, 0.1) is 20.3 Å². The van der Waals surface area contributed by atoms with Gasteiger partial charge in [0.2, 0.25) is 0 Å². The number of halogens is 1. The summed E-state index contributed by atoms with van der Waals surface area (Å²) in [5.41, 5.74) is -1.20. The predicted octanol–water partition coefficient (Wildman–Crippen LogP) is 2.43. The summed E-state index contributed by atoms with van der Waals surface area (Å²) in [5.74, 6) is -0.534. The van der Waals surface area contributed by atoms with Crippen LogP contribution in [0.15, 0.2) is 24.3 Å². The maximum absolute atomic E-state index is 14.6. The molecule has 1 aromatic rings. The monoisotopic (exact) mass is 342 g/mol. The summed E-state index contributed by atoms with van der Waals surface area (Å²) in [6.07, 6.45) is -1.19. The minimum absolute atomic E-state index is 0.167. The summed E-state index contributed by atoms with van der Waals surface area (Å²) in [4.78, 5) is 22.0. The van der Waals surface area contributed by atoms with Gasteiger partial charge in [-0.2, -0.15) is 0 Å². The van der Waals surface area contributed by atoms with Gasteiger partial charge in [-0.15, -0.1) is 0 Å². The lowest BCUT2D eigenvalue weighted by Crippen LogP contribution is -2.45. The van der Waals surface area contributed by atoms with E-state index in [-0.39, 0.29) is 13.2 Å². The summed E-state index contributed by atoms with van der Waals surface area (Å²) >= 11 is 0. The molecule has 0 aliphatic heterocycles. The van der Waals surface area contributed by atoms with Crippen LogP contribution in [0, 0.1) is 0 Å². The van der Waals surface area contributed by atoms with E-state index in [0.717, 1.165) is 5.56 Å². The van der Waals surface area contributed by atoms with Crippen LogP contribution in [-0.4, -0.2) is 44.0 Å². The van der Waals surface area contributed by atoms with Crippen molar-refractivity contribution >= 4 is 11.9 Å². The molecule has 0 radical (unpaired) electrons. The van der Waals surface area contributed by atoms with E-state index >= 15 is 0 Å². The third-order valence-electron chi connectivity index (χ3n) is 3.23. The zero-order chi connectivity index (χ0) is 18.2. The van der Waals surface area contributed by atoms with E-state index in [1.165, 1.54) is 20.8 Å². The standard InChI is InChI=1S/C17H23FO6/c1-12(19)23-11-17(3,18)16(24-13(2)20)10-22-9-14-5-7-15(21-4)8-6-14/h5-8,16H,9-11H2,1-4H3/t16-,17+/m1/s1. The van der Waals surface area contributed by atoms with Crippen LogP contribution in [0.4, 0.5) is 4.39 Å². The molecule has 0 saturated carbocycles. The Morgan fingerprint density at radius 1 is 1.17 bits per heavy atom. The Morgan fingerprint density at radius 2 is 1.79 bits per heavy atom. The van der Waals surface area contributed by atoms with Gasteiger partial charge in [0.25, 0.3) is 0 Å². The maximum atomic E-state index is 14.6. The van der Waals surface area contributed by atoms with Gasteiger partial charge in [0, 0.05) is 13.8 Å². The molecule has 0 aromatic heterocycles. The van der Waals surface area contributed by atoms with Gasteiger partial charge in [0.1, 0.15) is 12.4 Å². The number of esters is 2. The molecule has 0 amide bonds. The molecule has 1 aromatic carbocycles. The molecular formula is C17H23FO6. The zero-order valence-corrected chi connectivity index (χ0v) is 14.3. The first kappa shape index (κ1) is 19.9. The normalized spacial score (nSPS) is 14.4. The number of hydrogen-bond donors (Lipinski definition) is 0. The van der Waals surface area contributed by atoms with Crippen molar-refractivity contribution in [2.75, 3.05) is 20.3 Å². The number of ether oxygens (including phenoxy) is 4. The summed E-state index contributed by atoms with van der Waals surface area (Å²) in [7, 11) is 1.57. The Bertz CT molecular complexity index is 541. The van der Waals surface area contributed by atoms with E-state index in [1.54, 1.807) is 19.2 Å². The second kappa shape index (κ2) is 9.22. The predicted molar refractivity (Wildman–Crippen MR) is 84.4 cm³/mol. The number of rotatable bonds is 9. The van der Waals surface area contributed by atoms with Crippen LogP contribution >= 0.6 is 0 Å². The second-order valence-corrected chi connectivity index (χ2v) is 5.52. The molecule has 0 fully saturated rings. The molecule has 134 valence electrons. The van der Waals surface area contributed by atoms with Crippen molar-refractivity contribution in [3.05, 3.63) is 29.8 Å². The lowest BCUT2D eigenvalue weighted by atomic mass is 10.0. The highest BCUT2D eigenvalue weighted by atomic mass is 19.1. The van der Waals surface area contributed by atoms with Gasteiger partial charge in [-0.25, -0.2) is 4.39 Å². The average molecular weight is 342 g/mol. The fourth-order valence-electron chi connectivity index (χ4n) is 1.87. The number of benzene rings is 1. The van der Waals surface area contributed by atoms with E-state index in [0.29, 0.717) is 5.75 Å². The molecule has 0 unspecified atom stereocenters. The smallest absolute Gasteiger partial charge is 0.303 e. The van der Waals surface area contributed by atoms with Gasteiger partial charge in [-0.05, 0) is 24.6 Å². The molecular weight excluding hydrogens is 319 g/mol. The maximum Gasteiger partial charge on any atom is 0.303 e. The third kappa shape index (κ3) is 6.95. The number of alkyl halides is 1. The second-order valence-electron chi connectivity index (χ2n) is 5.52. The van der Waals surface area contributed by atoms with Gasteiger partial charge >= 0.3 is 11.9 Å². The van der Waals surface area contributed by atoms with Gasteiger partial charge in [0.15, 0.2) is 11.8 Å². The summed E-state index contributed by atoms with van der Waals surface area (Å²) in [6.45, 7) is 3.08. The topological polar surface area (TPSA) is 71.1 Å². The molecule has 0 N–H and O–H groups in total. The van der Waals surface area contributed by atoms with Crippen molar-refractivity contribution in [2.45, 2.75) is 39.2 Å². The lowest BCUT2D eigenvalue weighted by molar-refractivity contribution is -0.168. The Labute approximate surface area is 140 Å². The first-order valence-corrected chi connectivity index (χ1v) is 7.44. The van der Waals surface area contributed by atoms with Crippen molar-refractivity contribution in [1.82, 2.24) is 0 Å². The lowest BCUT2D eigenvalue weighted by Gasteiger charge is -2.29. The summed E-state index contributed by atoms with van der Waals surface area (Å²) in [5, 5.41) is 0. The van der Waals surface area contributed by atoms with Gasteiger partial charge in [-0.1, -0.05) is 12.1 Å². The molecule has 0 bridgehead atoms. The SMILES string of the molecule is COc1ccc(COC[C@@H](OC(C)=O)[C@@](C)(F)COC(C)=O)cc1. The van der Waals surface area contributed by atoms with Gasteiger partial charge < -0.3 is 18.9 Å². The van der Waals surface area contributed by atoms with Crippen LogP contribution in [0.3, 0.4) is 0 Å². The minimum atomic E-state index is -2.06. The Morgan fingerprint density at radius 3 is 2.29 bits per heavy atom. The molecule has 6 nitrogen and oxygen atoms in total. The molecule has 0 aliphatic rings. The van der Waals surface area contributed by atoms with Crippen LogP contribution < -0.4 is 4.74 Å². The summed E-state index contributed by atoms with van der Waals surface area (Å²) < 4.78 is 34.8. The molecule has 0 heterocycles. The van der Waals surface area contributed by atoms with Crippen molar-refractivity contribution < 1.29 is 32.9 Å². The largest absolute Gasteiger partial charge is 0.497 e. The minimum Gasteiger partial charge on any atom is -0.497 e. The van der Waals surface area contributed by atoms with E-state index in [2.05, 4.69) is 4.74 Å². The van der Waals surface area contributed by atoms with Crippen LogP contribution in [0.5, 0.6) is 5.75 Å². The molecule has 0 spiro atoms. The number of carbonyl (C=O) groups excluding carboxylic acids is 2. The van der Waals surface area contributed by atoms with Crippen molar-refractivity contribution in [3.63, 3.8) is 0 Å². The van der Waals surface area contributed by atoms with Crippen LogP contribution in [0.25, 0.3) is 0 Å². The molecule has 2 atom stereocenters. The Balaban J connectivity index is 2.61. The summed E-state index contributed by atoms with van der Waals surface area (Å²) in [6, 6.07) is 7.19. The zero-order valence-electron chi connectivity index (χ0n) is 14.3. The van der Waals surface area contributed by atoms with Crippen molar-refractivity contribution in [3.8, 4) is 5.75 Å². The van der Waals surface area contributed by atoms with Crippen molar-refractivity contribution in [2.24, 2.45) is 0 Å². The van der Waals surface area contributed by atoms with Crippen LogP contribution in [0.2, 0.25) is 0 Å². The van der Waals surface area contributed by atoms with E-state index in [4.69, 9.17) is 14.2 Å². The highest BCUT2D eigenvalue weighted by molar-refractivity contribution is 5.66. The fourth-order valence-corrected chi connectivity index (χ4v) is 1.87. The van der Waals surface area contributed by atoms with Crippen molar-refractivity contribution in [1.29, 1.82) is 0 Å². The Kier molecular flexibility index (Phi) is 7.64. The van der Waals surface area contributed by atoms with Gasteiger partial charge in [-0.3, -0.25) is 9.59 Å². The highest BCUT2D eigenvalue weighted by Crippen LogP contribution is 2.21. The fraction of sp³-hybridized carbons (Fsp3) is 0.529. The molecule has 0 aliphatic carbocycles. The number of hydrogen-bond acceptors (Lipinski definition) is 6. The molecule has 7 heteroatoms. The number of carbonyl (C=O) groups is 2. The third-order valence-corrected chi connectivity index (χ3v) is 3.23. The highest BCUT2D eigenvalue weighted by Gasteiger charge is 2.38. The molecule has 0 saturated heterocycles. The van der Waals surface area contributed by atoms with E-state index < -0.39 is 30.3 Å². The molecule has 1 rings (SSSR count). The number of methoxy groups -OCH3 is 1.